The van der Waals surface area contributed by atoms with Gasteiger partial charge in [0.25, 0.3) is 5.91 Å². The van der Waals surface area contributed by atoms with Crippen LogP contribution in [0, 0.1) is 13.8 Å². The third-order valence-corrected chi connectivity index (χ3v) is 3.86. The van der Waals surface area contributed by atoms with E-state index in [2.05, 4.69) is 21.2 Å². The maximum Gasteiger partial charge on any atom is 0.259 e. The monoisotopic (exact) mass is 361 g/mol. The predicted molar refractivity (Wildman–Crippen MR) is 93.8 cm³/mol. The van der Waals surface area contributed by atoms with Crippen LogP contribution in [0.4, 0.5) is 5.69 Å². The van der Waals surface area contributed by atoms with Gasteiger partial charge < -0.3 is 10.1 Å². The number of carbonyl (C=O) groups excluding carboxylic acids is 1. The molecular formula is C18H20BrNO2. The average Bonchev–Trinajstić information content (AvgIpc) is 2.49. The molecule has 1 N–H and O–H groups in total. The smallest absolute Gasteiger partial charge is 0.259 e. The molecule has 0 saturated heterocycles. The number of anilines is 1. The van der Waals surface area contributed by atoms with E-state index in [1.165, 1.54) is 0 Å². The summed E-state index contributed by atoms with van der Waals surface area (Å²) in [5.74, 6) is 0.443. The molecule has 3 nitrogen and oxygen atoms in total. The van der Waals surface area contributed by atoms with E-state index in [0.717, 1.165) is 27.7 Å². The fourth-order valence-corrected chi connectivity index (χ4v) is 2.57. The SMILES string of the molecule is CCCOc1ccc(Br)cc1C(=O)Nc1c(C)cccc1C. The molecule has 0 atom stereocenters. The third-order valence-electron chi connectivity index (χ3n) is 3.37. The first-order valence-electron chi connectivity index (χ1n) is 7.33. The van der Waals surface area contributed by atoms with Crippen molar-refractivity contribution < 1.29 is 9.53 Å². The van der Waals surface area contributed by atoms with Crippen molar-refractivity contribution in [3.05, 3.63) is 57.6 Å². The van der Waals surface area contributed by atoms with Gasteiger partial charge in [-0.1, -0.05) is 41.1 Å². The van der Waals surface area contributed by atoms with Crippen molar-refractivity contribution in [2.75, 3.05) is 11.9 Å². The molecule has 0 aliphatic rings. The summed E-state index contributed by atoms with van der Waals surface area (Å²) in [7, 11) is 0. The Morgan fingerprint density at radius 2 is 1.86 bits per heavy atom. The van der Waals surface area contributed by atoms with Gasteiger partial charge in [-0.2, -0.15) is 0 Å². The normalized spacial score (nSPS) is 10.4. The van der Waals surface area contributed by atoms with Crippen molar-refractivity contribution in [2.24, 2.45) is 0 Å². The van der Waals surface area contributed by atoms with Crippen LogP contribution < -0.4 is 10.1 Å². The summed E-state index contributed by atoms with van der Waals surface area (Å²) in [6.45, 7) is 6.59. The summed E-state index contributed by atoms with van der Waals surface area (Å²) in [4.78, 5) is 12.6. The van der Waals surface area contributed by atoms with Crippen molar-refractivity contribution >= 4 is 27.5 Å². The number of amides is 1. The molecule has 0 fully saturated rings. The Kier molecular flexibility index (Phi) is 5.61. The largest absolute Gasteiger partial charge is 0.493 e. The summed E-state index contributed by atoms with van der Waals surface area (Å²) in [6, 6.07) is 11.4. The van der Waals surface area contributed by atoms with Gasteiger partial charge in [-0.3, -0.25) is 4.79 Å². The number of carbonyl (C=O) groups is 1. The minimum atomic E-state index is -0.162. The molecule has 2 rings (SSSR count). The van der Waals surface area contributed by atoms with Crippen LogP contribution in [-0.2, 0) is 0 Å². The van der Waals surface area contributed by atoms with Crippen LogP contribution in [0.2, 0.25) is 0 Å². The minimum Gasteiger partial charge on any atom is -0.493 e. The number of benzene rings is 2. The average molecular weight is 362 g/mol. The number of nitrogens with one attached hydrogen (secondary N) is 1. The van der Waals surface area contributed by atoms with Crippen LogP contribution in [0.1, 0.15) is 34.8 Å². The Morgan fingerprint density at radius 3 is 2.50 bits per heavy atom. The molecule has 0 unspecified atom stereocenters. The highest BCUT2D eigenvalue weighted by molar-refractivity contribution is 9.10. The number of ether oxygens (including phenoxy) is 1. The Morgan fingerprint density at radius 1 is 1.18 bits per heavy atom. The van der Waals surface area contributed by atoms with Crippen molar-refractivity contribution in [1.82, 2.24) is 0 Å². The van der Waals surface area contributed by atoms with Gasteiger partial charge in [0, 0.05) is 10.2 Å². The van der Waals surface area contributed by atoms with E-state index in [0.29, 0.717) is 17.9 Å². The summed E-state index contributed by atoms with van der Waals surface area (Å²) in [5.41, 5.74) is 3.47. The van der Waals surface area contributed by atoms with E-state index < -0.39 is 0 Å². The van der Waals surface area contributed by atoms with Gasteiger partial charge >= 0.3 is 0 Å². The summed E-state index contributed by atoms with van der Waals surface area (Å²) < 4.78 is 6.53. The molecule has 0 radical (unpaired) electrons. The number of halogens is 1. The van der Waals surface area contributed by atoms with E-state index >= 15 is 0 Å². The standard InChI is InChI=1S/C18H20BrNO2/c1-4-10-22-16-9-8-14(19)11-15(16)18(21)20-17-12(2)6-5-7-13(17)3/h5-9,11H,4,10H2,1-3H3,(H,20,21). The molecule has 0 aliphatic heterocycles. The molecule has 0 heterocycles. The Labute approximate surface area is 139 Å². The van der Waals surface area contributed by atoms with E-state index in [9.17, 15) is 4.79 Å². The number of para-hydroxylation sites is 1. The second kappa shape index (κ2) is 7.45. The number of aryl methyl sites for hydroxylation is 2. The number of hydrogen-bond donors (Lipinski definition) is 1. The maximum absolute atomic E-state index is 12.6. The van der Waals surface area contributed by atoms with E-state index in [4.69, 9.17) is 4.74 Å². The first-order valence-corrected chi connectivity index (χ1v) is 8.12. The number of rotatable bonds is 5. The second-order valence-electron chi connectivity index (χ2n) is 5.21. The topological polar surface area (TPSA) is 38.3 Å². The van der Waals surface area contributed by atoms with E-state index in [1.807, 2.05) is 51.1 Å². The molecular weight excluding hydrogens is 342 g/mol. The van der Waals surface area contributed by atoms with E-state index in [-0.39, 0.29) is 5.91 Å². The maximum atomic E-state index is 12.6. The van der Waals surface area contributed by atoms with Crippen LogP contribution in [0.25, 0.3) is 0 Å². The highest BCUT2D eigenvalue weighted by atomic mass is 79.9. The Balaban J connectivity index is 2.31. The van der Waals surface area contributed by atoms with Gasteiger partial charge in [-0.25, -0.2) is 0 Å². The molecule has 0 aromatic heterocycles. The van der Waals surface area contributed by atoms with Crippen molar-refractivity contribution in [3.63, 3.8) is 0 Å². The quantitative estimate of drug-likeness (QED) is 0.803. The Bertz CT molecular complexity index is 663. The zero-order valence-corrected chi connectivity index (χ0v) is 14.7. The molecule has 0 spiro atoms. The molecule has 2 aromatic rings. The summed E-state index contributed by atoms with van der Waals surface area (Å²) in [6.07, 6.45) is 0.897. The highest BCUT2D eigenvalue weighted by Crippen LogP contribution is 2.26. The lowest BCUT2D eigenvalue weighted by atomic mass is 10.1. The molecule has 116 valence electrons. The van der Waals surface area contributed by atoms with Crippen LogP contribution in [0.3, 0.4) is 0 Å². The van der Waals surface area contributed by atoms with Gasteiger partial charge in [0.1, 0.15) is 5.75 Å². The van der Waals surface area contributed by atoms with Gasteiger partial charge in [-0.15, -0.1) is 0 Å². The van der Waals surface area contributed by atoms with Gasteiger partial charge in [-0.05, 0) is 49.6 Å². The lowest BCUT2D eigenvalue weighted by Crippen LogP contribution is -2.15. The van der Waals surface area contributed by atoms with E-state index in [1.54, 1.807) is 6.07 Å². The van der Waals surface area contributed by atoms with Gasteiger partial charge in [0.15, 0.2) is 0 Å². The summed E-state index contributed by atoms with van der Waals surface area (Å²) in [5, 5.41) is 3.00. The zero-order valence-electron chi connectivity index (χ0n) is 13.1. The lowest BCUT2D eigenvalue weighted by Gasteiger charge is -2.14. The molecule has 2 aromatic carbocycles. The third kappa shape index (κ3) is 3.89. The predicted octanol–water partition coefficient (Wildman–Crippen LogP) is 5.11. The Hall–Kier alpha value is -1.81. The highest BCUT2D eigenvalue weighted by Gasteiger charge is 2.15. The van der Waals surface area contributed by atoms with Crippen molar-refractivity contribution in [1.29, 1.82) is 0 Å². The van der Waals surface area contributed by atoms with Crippen molar-refractivity contribution in [3.8, 4) is 5.75 Å². The van der Waals surface area contributed by atoms with Gasteiger partial charge in [0.2, 0.25) is 0 Å². The van der Waals surface area contributed by atoms with Gasteiger partial charge in [0.05, 0.1) is 12.2 Å². The second-order valence-corrected chi connectivity index (χ2v) is 6.13. The molecule has 4 heteroatoms. The summed E-state index contributed by atoms with van der Waals surface area (Å²) >= 11 is 3.41. The fraction of sp³-hybridized carbons (Fsp3) is 0.278. The molecule has 22 heavy (non-hydrogen) atoms. The molecule has 0 saturated carbocycles. The lowest BCUT2D eigenvalue weighted by molar-refractivity contribution is 0.102. The van der Waals surface area contributed by atoms with Crippen LogP contribution in [-0.4, -0.2) is 12.5 Å². The fourth-order valence-electron chi connectivity index (χ4n) is 2.21. The zero-order chi connectivity index (χ0) is 16.1. The molecule has 0 bridgehead atoms. The van der Waals surface area contributed by atoms with Crippen LogP contribution in [0.5, 0.6) is 5.75 Å². The minimum absolute atomic E-state index is 0.162. The van der Waals surface area contributed by atoms with Crippen LogP contribution in [0.15, 0.2) is 40.9 Å². The first-order chi connectivity index (χ1) is 10.5. The van der Waals surface area contributed by atoms with Crippen LogP contribution >= 0.6 is 15.9 Å². The number of hydrogen-bond acceptors (Lipinski definition) is 2. The van der Waals surface area contributed by atoms with Crippen molar-refractivity contribution in [2.45, 2.75) is 27.2 Å². The molecule has 0 aliphatic carbocycles. The molecule has 1 amide bonds. The first kappa shape index (κ1) is 16.6.